The van der Waals surface area contributed by atoms with Crippen LogP contribution in [0.2, 0.25) is 0 Å². The van der Waals surface area contributed by atoms with Crippen LogP contribution in [-0.2, 0) is 21.6 Å². The zero-order valence-corrected chi connectivity index (χ0v) is 16.7. The average molecular weight is 366 g/mol. The number of hydrogen-bond acceptors (Lipinski definition) is 3. The van der Waals surface area contributed by atoms with Gasteiger partial charge in [-0.1, -0.05) is 73.7 Å². The highest BCUT2D eigenvalue weighted by atomic mass is 16.6. The molecule has 2 atom stereocenters. The highest BCUT2D eigenvalue weighted by molar-refractivity contribution is 5.70. The van der Waals surface area contributed by atoms with Crippen molar-refractivity contribution in [2.45, 2.75) is 31.8 Å². The molecule has 2 aromatic carbocycles. The molecular formula is C24H31NO2. The summed E-state index contributed by atoms with van der Waals surface area (Å²) in [6.07, 6.45) is 3.37. The Bertz CT molecular complexity index is 712. The maximum absolute atomic E-state index is 12.7. The van der Waals surface area contributed by atoms with Crippen LogP contribution in [-0.4, -0.2) is 31.5 Å². The third-order valence-corrected chi connectivity index (χ3v) is 4.86. The van der Waals surface area contributed by atoms with Crippen molar-refractivity contribution in [3.05, 3.63) is 84.4 Å². The van der Waals surface area contributed by atoms with Crippen LogP contribution in [0.15, 0.2) is 73.3 Å². The van der Waals surface area contributed by atoms with Gasteiger partial charge in [0, 0.05) is 25.3 Å². The fourth-order valence-electron chi connectivity index (χ4n) is 3.55. The van der Waals surface area contributed by atoms with Crippen molar-refractivity contribution in [1.82, 2.24) is 4.90 Å². The molecule has 144 valence electrons. The van der Waals surface area contributed by atoms with E-state index in [1.165, 1.54) is 0 Å². The van der Waals surface area contributed by atoms with Crippen molar-refractivity contribution >= 4 is 5.97 Å². The summed E-state index contributed by atoms with van der Waals surface area (Å²) in [7, 11) is 4.10. The predicted octanol–water partition coefficient (Wildman–Crippen LogP) is 4.83. The van der Waals surface area contributed by atoms with Crippen LogP contribution in [0.5, 0.6) is 0 Å². The van der Waals surface area contributed by atoms with Crippen LogP contribution in [0.25, 0.3) is 0 Å². The summed E-state index contributed by atoms with van der Waals surface area (Å²) in [5.74, 6) is -0.0666. The summed E-state index contributed by atoms with van der Waals surface area (Å²) >= 11 is 0. The summed E-state index contributed by atoms with van der Waals surface area (Å²) in [6.45, 7) is 6.69. The SMILES string of the molecule is C=CCCC(=O)O[C@](Cc1ccccc1)(c1ccccc1)[C@@H](C)CN(C)C. The lowest BCUT2D eigenvalue weighted by molar-refractivity contribution is -0.168. The van der Waals surface area contributed by atoms with Gasteiger partial charge in [0.1, 0.15) is 5.60 Å². The minimum absolute atomic E-state index is 0.114. The predicted molar refractivity (Wildman–Crippen MR) is 112 cm³/mol. The van der Waals surface area contributed by atoms with Crippen molar-refractivity contribution in [2.75, 3.05) is 20.6 Å². The molecule has 0 unspecified atom stereocenters. The van der Waals surface area contributed by atoms with E-state index in [-0.39, 0.29) is 11.9 Å². The second-order valence-corrected chi connectivity index (χ2v) is 7.38. The van der Waals surface area contributed by atoms with Gasteiger partial charge in [0.05, 0.1) is 0 Å². The number of nitrogens with zero attached hydrogens (tertiary/aromatic N) is 1. The van der Waals surface area contributed by atoms with E-state index < -0.39 is 5.60 Å². The van der Waals surface area contributed by atoms with Gasteiger partial charge in [0.2, 0.25) is 0 Å². The van der Waals surface area contributed by atoms with E-state index in [0.717, 1.165) is 17.7 Å². The molecule has 0 heterocycles. The summed E-state index contributed by atoms with van der Waals surface area (Å²) in [5.41, 5.74) is 1.48. The number of ether oxygens (including phenoxy) is 1. The Balaban J connectivity index is 2.49. The van der Waals surface area contributed by atoms with Crippen molar-refractivity contribution in [2.24, 2.45) is 5.92 Å². The highest BCUT2D eigenvalue weighted by Gasteiger charge is 2.42. The van der Waals surface area contributed by atoms with Crippen LogP contribution >= 0.6 is 0 Å². The van der Waals surface area contributed by atoms with Crippen LogP contribution in [0.4, 0.5) is 0 Å². The van der Waals surface area contributed by atoms with E-state index in [1.54, 1.807) is 6.08 Å². The van der Waals surface area contributed by atoms with Crippen LogP contribution in [0.3, 0.4) is 0 Å². The standard InChI is InChI=1S/C24H31NO2/c1-5-6-17-23(26)27-24(20(2)19-25(3)4,22-15-11-8-12-16-22)18-21-13-9-7-10-14-21/h5,7-16,20H,1,6,17-19H2,2-4H3/t20-,24-/m0/s1. The Hall–Kier alpha value is -2.39. The van der Waals surface area contributed by atoms with Gasteiger partial charge < -0.3 is 9.64 Å². The van der Waals surface area contributed by atoms with E-state index in [9.17, 15) is 4.79 Å². The van der Waals surface area contributed by atoms with Crippen molar-refractivity contribution in [3.63, 3.8) is 0 Å². The Morgan fingerprint density at radius 2 is 1.70 bits per heavy atom. The van der Waals surface area contributed by atoms with E-state index in [0.29, 0.717) is 19.3 Å². The maximum Gasteiger partial charge on any atom is 0.307 e. The van der Waals surface area contributed by atoms with E-state index in [1.807, 2.05) is 50.5 Å². The van der Waals surface area contributed by atoms with Crippen LogP contribution in [0.1, 0.15) is 30.9 Å². The summed E-state index contributed by atoms with van der Waals surface area (Å²) < 4.78 is 6.28. The van der Waals surface area contributed by atoms with Gasteiger partial charge in [-0.15, -0.1) is 6.58 Å². The highest BCUT2D eigenvalue weighted by Crippen LogP contribution is 2.38. The minimum atomic E-state index is -0.717. The molecule has 0 saturated heterocycles. The molecule has 3 heteroatoms. The molecule has 2 rings (SSSR count). The first-order valence-electron chi connectivity index (χ1n) is 9.55. The summed E-state index contributed by atoms with van der Waals surface area (Å²) in [6, 6.07) is 20.4. The molecule has 27 heavy (non-hydrogen) atoms. The van der Waals surface area contributed by atoms with Crippen molar-refractivity contribution in [1.29, 1.82) is 0 Å². The summed E-state index contributed by atoms with van der Waals surface area (Å²) in [4.78, 5) is 14.8. The number of esters is 1. The van der Waals surface area contributed by atoms with Crippen LogP contribution < -0.4 is 0 Å². The van der Waals surface area contributed by atoms with E-state index in [4.69, 9.17) is 4.74 Å². The summed E-state index contributed by atoms with van der Waals surface area (Å²) in [5, 5.41) is 0. The van der Waals surface area contributed by atoms with Crippen molar-refractivity contribution < 1.29 is 9.53 Å². The first kappa shape index (κ1) is 20.9. The largest absolute Gasteiger partial charge is 0.453 e. The lowest BCUT2D eigenvalue weighted by atomic mass is 9.77. The maximum atomic E-state index is 12.7. The van der Waals surface area contributed by atoms with Gasteiger partial charge >= 0.3 is 5.97 Å². The number of allylic oxidation sites excluding steroid dienone is 1. The Labute approximate surface area is 163 Å². The zero-order chi connectivity index (χ0) is 19.7. The number of rotatable bonds is 10. The van der Waals surface area contributed by atoms with Gasteiger partial charge in [-0.3, -0.25) is 4.79 Å². The third kappa shape index (κ3) is 5.80. The molecular weight excluding hydrogens is 334 g/mol. The molecule has 0 N–H and O–H groups in total. The number of carbonyl (C=O) groups is 1. The third-order valence-electron chi connectivity index (χ3n) is 4.86. The number of hydrogen-bond donors (Lipinski definition) is 0. The normalized spacial score (nSPS) is 14.4. The molecule has 0 aliphatic carbocycles. The molecule has 3 nitrogen and oxygen atoms in total. The van der Waals surface area contributed by atoms with Gasteiger partial charge in [-0.25, -0.2) is 0 Å². The molecule has 0 aliphatic rings. The second-order valence-electron chi connectivity index (χ2n) is 7.38. The monoisotopic (exact) mass is 365 g/mol. The lowest BCUT2D eigenvalue weighted by Crippen LogP contribution is -2.44. The van der Waals surface area contributed by atoms with E-state index >= 15 is 0 Å². The van der Waals surface area contributed by atoms with E-state index in [2.05, 4.69) is 42.7 Å². The fourth-order valence-corrected chi connectivity index (χ4v) is 3.55. The Morgan fingerprint density at radius 1 is 1.11 bits per heavy atom. The molecule has 0 fully saturated rings. The average Bonchev–Trinajstić information content (AvgIpc) is 2.66. The fraction of sp³-hybridized carbons (Fsp3) is 0.375. The second kappa shape index (κ2) is 10.1. The minimum Gasteiger partial charge on any atom is -0.453 e. The molecule has 0 bridgehead atoms. The smallest absolute Gasteiger partial charge is 0.307 e. The molecule has 0 saturated carbocycles. The molecule has 0 aliphatic heterocycles. The zero-order valence-electron chi connectivity index (χ0n) is 16.7. The first-order valence-corrected chi connectivity index (χ1v) is 9.55. The molecule has 0 amide bonds. The molecule has 2 aromatic rings. The van der Waals surface area contributed by atoms with Gasteiger partial charge in [0.15, 0.2) is 0 Å². The number of benzene rings is 2. The van der Waals surface area contributed by atoms with Gasteiger partial charge in [-0.2, -0.15) is 0 Å². The molecule has 0 aromatic heterocycles. The van der Waals surface area contributed by atoms with Crippen molar-refractivity contribution in [3.8, 4) is 0 Å². The van der Waals surface area contributed by atoms with Gasteiger partial charge in [0.25, 0.3) is 0 Å². The number of carbonyl (C=O) groups excluding carboxylic acids is 1. The molecule has 0 spiro atoms. The molecule has 0 radical (unpaired) electrons. The topological polar surface area (TPSA) is 29.5 Å². The van der Waals surface area contributed by atoms with Crippen LogP contribution in [0, 0.1) is 5.92 Å². The Kier molecular flexibility index (Phi) is 7.81. The first-order chi connectivity index (χ1) is 13.0. The lowest BCUT2D eigenvalue weighted by Gasteiger charge is -2.40. The van der Waals surface area contributed by atoms with Gasteiger partial charge in [-0.05, 0) is 31.6 Å². The Morgan fingerprint density at radius 3 is 2.26 bits per heavy atom. The quantitative estimate of drug-likeness (QED) is 0.446.